The molecule has 1 aliphatic rings. The number of aryl methyl sites for hydroxylation is 1. The molecule has 1 aliphatic carbocycles. The van der Waals surface area contributed by atoms with Gasteiger partial charge in [0.25, 0.3) is 0 Å². The molecular formula is C18H23NS. The molecule has 0 spiro atoms. The first-order valence-electron chi connectivity index (χ1n) is 7.64. The molecule has 0 saturated carbocycles. The number of hydrogen-bond acceptors (Lipinski definition) is 2. The molecule has 1 heterocycles. The lowest BCUT2D eigenvalue weighted by atomic mass is 9.74. The lowest BCUT2D eigenvalue weighted by molar-refractivity contribution is 0.412. The number of benzene rings is 1. The van der Waals surface area contributed by atoms with E-state index in [0.717, 1.165) is 5.92 Å². The van der Waals surface area contributed by atoms with E-state index in [9.17, 15) is 0 Å². The van der Waals surface area contributed by atoms with E-state index in [1.54, 1.807) is 11.1 Å². The van der Waals surface area contributed by atoms with Crippen LogP contribution < -0.4 is 5.32 Å². The standard InChI is InChI=1S/C18H23NS/c1-19-16(7-4-8-17-9-5-11-20-17)13-15-12-14-6-2-3-10-18(14)15/h2-3,5-6,9-11,15-16,19H,4,7-8,12-13H2,1H3. The average molecular weight is 285 g/mol. The summed E-state index contributed by atoms with van der Waals surface area (Å²) in [7, 11) is 2.11. The quantitative estimate of drug-likeness (QED) is 0.795. The molecule has 1 N–H and O–H groups in total. The summed E-state index contributed by atoms with van der Waals surface area (Å²) in [6, 6.07) is 14.0. The third-order valence-electron chi connectivity index (χ3n) is 4.49. The number of nitrogens with one attached hydrogen (secondary N) is 1. The van der Waals surface area contributed by atoms with Gasteiger partial charge in [0.1, 0.15) is 0 Å². The van der Waals surface area contributed by atoms with Gasteiger partial charge in [0.15, 0.2) is 0 Å². The van der Waals surface area contributed by atoms with E-state index < -0.39 is 0 Å². The molecule has 1 aromatic carbocycles. The Morgan fingerprint density at radius 1 is 1.25 bits per heavy atom. The first kappa shape index (κ1) is 13.8. The molecule has 20 heavy (non-hydrogen) atoms. The van der Waals surface area contributed by atoms with E-state index in [0.29, 0.717) is 6.04 Å². The zero-order valence-corrected chi connectivity index (χ0v) is 13.0. The molecule has 1 nitrogen and oxygen atoms in total. The van der Waals surface area contributed by atoms with E-state index in [4.69, 9.17) is 0 Å². The van der Waals surface area contributed by atoms with Gasteiger partial charge in [0, 0.05) is 10.9 Å². The monoisotopic (exact) mass is 285 g/mol. The molecule has 0 radical (unpaired) electrons. The second kappa shape index (κ2) is 6.55. The third-order valence-corrected chi connectivity index (χ3v) is 5.43. The van der Waals surface area contributed by atoms with Crippen LogP contribution in [0.1, 0.15) is 41.2 Å². The molecule has 0 fully saturated rings. The van der Waals surface area contributed by atoms with Gasteiger partial charge in [0.05, 0.1) is 0 Å². The van der Waals surface area contributed by atoms with Crippen molar-refractivity contribution in [2.45, 2.75) is 44.1 Å². The van der Waals surface area contributed by atoms with Gasteiger partial charge in [-0.25, -0.2) is 0 Å². The van der Waals surface area contributed by atoms with Gasteiger partial charge in [-0.05, 0) is 67.6 Å². The van der Waals surface area contributed by atoms with E-state index in [1.807, 2.05) is 11.3 Å². The van der Waals surface area contributed by atoms with Crippen molar-refractivity contribution >= 4 is 11.3 Å². The van der Waals surface area contributed by atoms with Crippen molar-refractivity contribution in [3.63, 3.8) is 0 Å². The fourth-order valence-corrected chi connectivity index (χ4v) is 4.03. The van der Waals surface area contributed by atoms with Crippen LogP contribution in [0, 0.1) is 0 Å². The maximum Gasteiger partial charge on any atom is 0.00701 e. The molecule has 1 aromatic heterocycles. The van der Waals surface area contributed by atoms with Crippen LogP contribution in [-0.2, 0) is 12.8 Å². The summed E-state index contributed by atoms with van der Waals surface area (Å²) in [6.07, 6.45) is 6.38. The zero-order chi connectivity index (χ0) is 13.8. The Morgan fingerprint density at radius 3 is 2.90 bits per heavy atom. The topological polar surface area (TPSA) is 12.0 Å². The van der Waals surface area contributed by atoms with Gasteiger partial charge < -0.3 is 5.32 Å². The lowest BCUT2D eigenvalue weighted by Gasteiger charge is -2.33. The predicted molar refractivity (Wildman–Crippen MR) is 87.6 cm³/mol. The predicted octanol–water partition coefficient (Wildman–Crippen LogP) is 4.39. The molecule has 2 heteroatoms. The zero-order valence-electron chi connectivity index (χ0n) is 12.1. The summed E-state index contributed by atoms with van der Waals surface area (Å²) in [6.45, 7) is 0. The summed E-state index contributed by atoms with van der Waals surface area (Å²) in [5, 5.41) is 5.69. The minimum absolute atomic E-state index is 0.660. The maximum atomic E-state index is 3.52. The highest BCUT2D eigenvalue weighted by Crippen LogP contribution is 2.38. The summed E-state index contributed by atoms with van der Waals surface area (Å²) < 4.78 is 0. The van der Waals surface area contributed by atoms with Crippen LogP contribution in [0.25, 0.3) is 0 Å². The first-order chi connectivity index (χ1) is 9.86. The second-order valence-electron chi connectivity index (χ2n) is 5.79. The van der Waals surface area contributed by atoms with Crippen molar-refractivity contribution in [2.24, 2.45) is 0 Å². The van der Waals surface area contributed by atoms with Gasteiger partial charge in [-0.2, -0.15) is 0 Å². The average Bonchev–Trinajstić information content (AvgIpc) is 2.96. The Kier molecular flexibility index (Phi) is 4.54. The second-order valence-corrected chi connectivity index (χ2v) is 6.82. The molecule has 2 unspecified atom stereocenters. The van der Waals surface area contributed by atoms with Crippen LogP contribution in [0.2, 0.25) is 0 Å². The van der Waals surface area contributed by atoms with Crippen molar-refractivity contribution in [2.75, 3.05) is 7.05 Å². The van der Waals surface area contributed by atoms with Gasteiger partial charge in [-0.3, -0.25) is 0 Å². The highest BCUT2D eigenvalue weighted by Gasteiger charge is 2.27. The molecule has 2 aromatic rings. The van der Waals surface area contributed by atoms with Crippen LogP contribution in [0.15, 0.2) is 41.8 Å². The molecule has 0 aliphatic heterocycles. The Hall–Kier alpha value is -1.12. The van der Waals surface area contributed by atoms with Crippen molar-refractivity contribution in [1.82, 2.24) is 5.32 Å². The lowest BCUT2D eigenvalue weighted by Crippen LogP contribution is -2.30. The van der Waals surface area contributed by atoms with Crippen LogP contribution in [0.5, 0.6) is 0 Å². The van der Waals surface area contributed by atoms with E-state index >= 15 is 0 Å². The smallest absolute Gasteiger partial charge is 0.00701 e. The van der Waals surface area contributed by atoms with Gasteiger partial charge in [-0.1, -0.05) is 30.3 Å². The minimum Gasteiger partial charge on any atom is -0.317 e. The van der Waals surface area contributed by atoms with Gasteiger partial charge in [0.2, 0.25) is 0 Å². The number of hydrogen-bond donors (Lipinski definition) is 1. The SMILES string of the molecule is CNC(CCCc1cccs1)CC1Cc2ccccc21. The Labute approximate surface area is 126 Å². The van der Waals surface area contributed by atoms with Crippen LogP contribution in [0.4, 0.5) is 0 Å². The van der Waals surface area contributed by atoms with Crippen molar-refractivity contribution in [3.05, 3.63) is 57.8 Å². The van der Waals surface area contributed by atoms with Crippen LogP contribution in [-0.4, -0.2) is 13.1 Å². The van der Waals surface area contributed by atoms with Crippen molar-refractivity contribution in [1.29, 1.82) is 0 Å². The van der Waals surface area contributed by atoms with Crippen LogP contribution in [0.3, 0.4) is 0 Å². The molecule has 0 amide bonds. The Bertz CT molecular complexity index is 532. The number of thiophene rings is 1. The summed E-state index contributed by atoms with van der Waals surface area (Å²) in [5.41, 5.74) is 3.15. The van der Waals surface area contributed by atoms with Gasteiger partial charge in [-0.15, -0.1) is 11.3 Å². The molecule has 106 valence electrons. The highest BCUT2D eigenvalue weighted by molar-refractivity contribution is 7.09. The summed E-state index contributed by atoms with van der Waals surface area (Å²) in [4.78, 5) is 1.52. The minimum atomic E-state index is 0.660. The van der Waals surface area contributed by atoms with Crippen molar-refractivity contribution in [3.8, 4) is 0 Å². The fourth-order valence-electron chi connectivity index (χ4n) is 3.27. The number of fused-ring (bicyclic) bond motifs is 1. The molecular weight excluding hydrogens is 262 g/mol. The fraction of sp³-hybridized carbons (Fsp3) is 0.444. The van der Waals surface area contributed by atoms with Crippen LogP contribution >= 0.6 is 11.3 Å². The summed E-state index contributed by atoms with van der Waals surface area (Å²) >= 11 is 1.88. The molecule has 0 saturated heterocycles. The first-order valence-corrected chi connectivity index (χ1v) is 8.52. The molecule has 3 rings (SSSR count). The largest absolute Gasteiger partial charge is 0.317 e. The number of rotatable bonds is 7. The highest BCUT2D eigenvalue weighted by atomic mass is 32.1. The van der Waals surface area contributed by atoms with E-state index in [1.165, 1.54) is 37.0 Å². The van der Waals surface area contributed by atoms with Crippen molar-refractivity contribution < 1.29 is 0 Å². The summed E-state index contributed by atoms with van der Waals surface area (Å²) in [5.74, 6) is 0.783. The normalized spacial score (nSPS) is 18.4. The molecule has 2 atom stereocenters. The third kappa shape index (κ3) is 3.13. The Morgan fingerprint density at radius 2 is 2.15 bits per heavy atom. The van der Waals surface area contributed by atoms with E-state index in [2.05, 4.69) is 54.1 Å². The van der Waals surface area contributed by atoms with Gasteiger partial charge >= 0.3 is 0 Å². The maximum absolute atomic E-state index is 3.52. The molecule has 0 bridgehead atoms. The van der Waals surface area contributed by atoms with E-state index in [-0.39, 0.29) is 0 Å². The Balaban J connectivity index is 1.46.